The maximum atomic E-state index is 11.0. The molecule has 1 unspecified atom stereocenters. The third kappa shape index (κ3) is 3.17. The third-order valence-corrected chi connectivity index (χ3v) is 2.34. The molecule has 0 heterocycles. The minimum Gasteiger partial charge on any atom is -0.490 e. The first-order chi connectivity index (χ1) is 8.49. The number of hydrogen-bond donors (Lipinski definition) is 1. The van der Waals surface area contributed by atoms with Crippen molar-refractivity contribution in [3.63, 3.8) is 0 Å². The van der Waals surface area contributed by atoms with Crippen LogP contribution in [0.15, 0.2) is 18.2 Å². The van der Waals surface area contributed by atoms with Gasteiger partial charge in [0.15, 0.2) is 11.9 Å². The molecule has 7 heteroatoms. The topological polar surface area (TPSA) is 98.9 Å². The van der Waals surface area contributed by atoms with E-state index in [-0.39, 0.29) is 17.9 Å². The van der Waals surface area contributed by atoms with E-state index in [1.165, 1.54) is 25.3 Å². The van der Waals surface area contributed by atoms with Crippen LogP contribution in [-0.2, 0) is 16.0 Å². The number of nitro groups is 1. The van der Waals surface area contributed by atoms with E-state index in [4.69, 9.17) is 4.74 Å². The van der Waals surface area contributed by atoms with Crippen molar-refractivity contribution in [2.24, 2.45) is 0 Å². The van der Waals surface area contributed by atoms with E-state index in [0.717, 1.165) is 7.11 Å². The van der Waals surface area contributed by atoms with Gasteiger partial charge in [-0.2, -0.15) is 0 Å². The van der Waals surface area contributed by atoms with Gasteiger partial charge >= 0.3 is 11.7 Å². The number of benzene rings is 1. The van der Waals surface area contributed by atoms with Gasteiger partial charge in [0.25, 0.3) is 0 Å². The van der Waals surface area contributed by atoms with Gasteiger partial charge in [0.1, 0.15) is 0 Å². The van der Waals surface area contributed by atoms with E-state index in [1.54, 1.807) is 0 Å². The number of aliphatic hydroxyl groups is 1. The van der Waals surface area contributed by atoms with Crippen molar-refractivity contribution in [2.75, 3.05) is 14.2 Å². The van der Waals surface area contributed by atoms with Crippen LogP contribution in [0.25, 0.3) is 0 Å². The molecule has 0 saturated heterocycles. The Morgan fingerprint density at radius 2 is 2.17 bits per heavy atom. The minimum absolute atomic E-state index is 0.0580. The summed E-state index contributed by atoms with van der Waals surface area (Å²) in [5, 5.41) is 20.2. The second-order valence-corrected chi connectivity index (χ2v) is 3.51. The maximum Gasteiger partial charge on any atom is 0.335 e. The van der Waals surface area contributed by atoms with Crippen LogP contribution in [0.5, 0.6) is 5.75 Å². The van der Waals surface area contributed by atoms with Crippen molar-refractivity contribution >= 4 is 11.7 Å². The summed E-state index contributed by atoms with van der Waals surface area (Å²) in [6, 6.07) is 4.21. The van der Waals surface area contributed by atoms with E-state index < -0.39 is 17.0 Å². The Morgan fingerprint density at radius 3 is 2.67 bits per heavy atom. The lowest BCUT2D eigenvalue weighted by atomic mass is 10.1. The summed E-state index contributed by atoms with van der Waals surface area (Å²) >= 11 is 0. The van der Waals surface area contributed by atoms with Gasteiger partial charge < -0.3 is 14.6 Å². The zero-order valence-electron chi connectivity index (χ0n) is 9.95. The summed E-state index contributed by atoms with van der Waals surface area (Å²) in [6.45, 7) is 0. The van der Waals surface area contributed by atoms with Crippen molar-refractivity contribution in [2.45, 2.75) is 12.5 Å². The van der Waals surface area contributed by atoms with Gasteiger partial charge in [-0.25, -0.2) is 4.79 Å². The van der Waals surface area contributed by atoms with Crippen molar-refractivity contribution in [3.8, 4) is 5.75 Å². The standard InChI is InChI=1S/C11H13NO6/c1-17-10-4-3-7(5-8(10)12(15)16)6-9(13)11(14)18-2/h3-5,9,13H,6H2,1-2H3. The maximum absolute atomic E-state index is 11.0. The fraction of sp³-hybridized carbons (Fsp3) is 0.364. The van der Waals surface area contributed by atoms with Crippen LogP contribution in [0, 0.1) is 10.1 Å². The Kier molecular flexibility index (Phi) is 4.61. The number of aliphatic hydroxyl groups excluding tert-OH is 1. The van der Waals surface area contributed by atoms with E-state index in [9.17, 15) is 20.0 Å². The lowest BCUT2D eigenvalue weighted by molar-refractivity contribution is -0.385. The molecule has 18 heavy (non-hydrogen) atoms. The van der Waals surface area contributed by atoms with Crippen LogP contribution >= 0.6 is 0 Å². The number of hydrogen-bond acceptors (Lipinski definition) is 6. The lowest BCUT2D eigenvalue weighted by Crippen LogP contribution is -2.24. The summed E-state index contributed by atoms with van der Waals surface area (Å²) in [6.07, 6.45) is -1.40. The van der Waals surface area contributed by atoms with E-state index >= 15 is 0 Å². The Balaban J connectivity index is 2.95. The molecule has 98 valence electrons. The smallest absolute Gasteiger partial charge is 0.335 e. The molecule has 0 saturated carbocycles. The zero-order valence-corrected chi connectivity index (χ0v) is 9.95. The van der Waals surface area contributed by atoms with Gasteiger partial charge in [-0.1, -0.05) is 6.07 Å². The number of nitro benzene ring substituents is 1. The predicted octanol–water partition coefficient (Wildman–Crippen LogP) is 0.680. The Labute approximate surface area is 103 Å². The van der Waals surface area contributed by atoms with Crippen LogP contribution in [0.1, 0.15) is 5.56 Å². The molecule has 0 fully saturated rings. The number of nitrogens with zero attached hydrogens (tertiary/aromatic N) is 1. The monoisotopic (exact) mass is 255 g/mol. The normalized spacial score (nSPS) is 11.7. The van der Waals surface area contributed by atoms with Gasteiger partial charge in [-0.15, -0.1) is 0 Å². The molecule has 0 amide bonds. The van der Waals surface area contributed by atoms with Crippen molar-refractivity contribution in [1.29, 1.82) is 0 Å². The third-order valence-electron chi connectivity index (χ3n) is 2.34. The highest BCUT2D eigenvalue weighted by Crippen LogP contribution is 2.27. The molecule has 0 aliphatic carbocycles. The number of rotatable bonds is 5. The van der Waals surface area contributed by atoms with Crippen LogP contribution in [0.2, 0.25) is 0 Å². The first kappa shape index (κ1) is 13.9. The fourth-order valence-corrected chi connectivity index (χ4v) is 1.45. The molecule has 0 radical (unpaired) electrons. The first-order valence-electron chi connectivity index (χ1n) is 5.06. The summed E-state index contributed by atoms with van der Waals surface area (Å²) in [5.41, 5.74) is 0.229. The summed E-state index contributed by atoms with van der Waals surface area (Å²) in [7, 11) is 2.48. The van der Waals surface area contributed by atoms with E-state index in [0.29, 0.717) is 5.56 Å². The quantitative estimate of drug-likeness (QED) is 0.472. The molecule has 1 rings (SSSR count). The largest absolute Gasteiger partial charge is 0.490 e. The Hall–Kier alpha value is -2.15. The predicted molar refractivity (Wildman–Crippen MR) is 61.4 cm³/mol. The Bertz CT molecular complexity index is 459. The van der Waals surface area contributed by atoms with Crippen LogP contribution in [-0.4, -0.2) is 36.3 Å². The molecule has 1 atom stereocenters. The average molecular weight is 255 g/mol. The van der Waals surface area contributed by atoms with Crippen LogP contribution < -0.4 is 4.74 Å². The molecule has 0 aliphatic heterocycles. The van der Waals surface area contributed by atoms with Crippen molar-refractivity contribution < 1.29 is 24.3 Å². The lowest BCUT2D eigenvalue weighted by Gasteiger charge is -2.09. The first-order valence-corrected chi connectivity index (χ1v) is 5.06. The molecule has 7 nitrogen and oxygen atoms in total. The molecule has 1 N–H and O–H groups in total. The van der Waals surface area contributed by atoms with Crippen LogP contribution in [0.3, 0.4) is 0 Å². The van der Waals surface area contributed by atoms with Crippen molar-refractivity contribution in [3.05, 3.63) is 33.9 Å². The highest BCUT2D eigenvalue weighted by Gasteiger charge is 2.20. The molecule has 1 aromatic rings. The number of carbonyl (C=O) groups excluding carboxylic acids is 1. The Morgan fingerprint density at radius 1 is 1.50 bits per heavy atom. The van der Waals surface area contributed by atoms with Crippen LogP contribution in [0.4, 0.5) is 5.69 Å². The van der Waals surface area contributed by atoms with Gasteiger partial charge in [0.2, 0.25) is 0 Å². The van der Waals surface area contributed by atoms with Gasteiger partial charge in [-0.05, 0) is 11.6 Å². The molecular weight excluding hydrogens is 242 g/mol. The van der Waals surface area contributed by atoms with Crippen molar-refractivity contribution in [1.82, 2.24) is 0 Å². The van der Waals surface area contributed by atoms with E-state index in [1.807, 2.05) is 0 Å². The van der Waals surface area contributed by atoms with Gasteiger partial charge in [0, 0.05) is 12.5 Å². The highest BCUT2D eigenvalue weighted by molar-refractivity contribution is 5.74. The molecular formula is C11H13NO6. The fourth-order valence-electron chi connectivity index (χ4n) is 1.45. The SMILES string of the molecule is COC(=O)C(O)Cc1ccc(OC)c([N+](=O)[O-])c1. The number of carbonyl (C=O) groups is 1. The second kappa shape index (κ2) is 5.97. The highest BCUT2D eigenvalue weighted by atomic mass is 16.6. The number of ether oxygens (including phenoxy) is 2. The molecule has 0 aliphatic rings. The molecule has 0 spiro atoms. The summed E-state index contributed by atoms with van der Waals surface area (Å²) in [4.78, 5) is 21.2. The number of methoxy groups -OCH3 is 2. The molecule has 0 aromatic heterocycles. The average Bonchev–Trinajstić information content (AvgIpc) is 2.37. The minimum atomic E-state index is -1.34. The van der Waals surface area contributed by atoms with Gasteiger partial charge in [-0.3, -0.25) is 10.1 Å². The van der Waals surface area contributed by atoms with Gasteiger partial charge in [0.05, 0.1) is 19.1 Å². The summed E-state index contributed by atoms with van der Waals surface area (Å²) < 4.78 is 9.20. The molecule has 0 bridgehead atoms. The zero-order chi connectivity index (χ0) is 13.7. The van der Waals surface area contributed by atoms with E-state index in [2.05, 4.69) is 4.74 Å². The number of esters is 1. The summed E-state index contributed by atoms with van der Waals surface area (Å²) in [5.74, 6) is -0.662. The second-order valence-electron chi connectivity index (χ2n) is 3.51. The molecule has 1 aromatic carbocycles.